The summed E-state index contributed by atoms with van der Waals surface area (Å²) >= 11 is 0. The third-order valence-electron chi connectivity index (χ3n) is 3.52. The molecule has 0 heterocycles. The minimum absolute atomic E-state index is 0.168. The summed E-state index contributed by atoms with van der Waals surface area (Å²) in [6, 6.07) is 19.0. The van der Waals surface area contributed by atoms with Crippen molar-refractivity contribution in [1.29, 1.82) is 0 Å². The summed E-state index contributed by atoms with van der Waals surface area (Å²) in [5.41, 5.74) is 1.86. The standard InChI is InChI=1S/C19H16O2/c20-17-11-12-19(21)16(13-17)9-4-8-15-7-3-6-14-5-1-2-10-18(14)15/h1-8,10-13,20-21H,9H2. The number of aromatic hydroxyl groups is 2. The largest absolute Gasteiger partial charge is 0.508 e. The van der Waals surface area contributed by atoms with E-state index in [4.69, 9.17) is 0 Å². The third kappa shape index (κ3) is 2.90. The van der Waals surface area contributed by atoms with E-state index in [1.54, 1.807) is 6.07 Å². The minimum atomic E-state index is 0.168. The van der Waals surface area contributed by atoms with Gasteiger partial charge in [0.15, 0.2) is 0 Å². The van der Waals surface area contributed by atoms with Gasteiger partial charge in [-0.15, -0.1) is 0 Å². The zero-order valence-electron chi connectivity index (χ0n) is 11.5. The first-order valence-electron chi connectivity index (χ1n) is 6.89. The Labute approximate surface area is 123 Å². The molecule has 3 aromatic carbocycles. The molecule has 3 rings (SSSR count). The number of hydrogen-bond donors (Lipinski definition) is 2. The van der Waals surface area contributed by atoms with Crippen LogP contribution >= 0.6 is 0 Å². The molecule has 0 aromatic heterocycles. The van der Waals surface area contributed by atoms with Crippen molar-refractivity contribution < 1.29 is 10.2 Å². The van der Waals surface area contributed by atoms with Gasteiger partial charge in [-0.2, -0.15) is 0 Å². The van der Waals surface area contributed by atoms with Gasteiger partial charge in [0.1, 0.15) is 11.5 Å². The lowest BCUT2D eigenvalue weighted by molar-refractivity contribution is 0.455. The quantitative estimate of drug-likeness (QED) is 0.691. The maximum Gasteiger partial charge on any atom is 0.119 e. The minimum Gasteiger partial charge on any atom is -0.508 e. The van der Waals surface area contributed by atoms with E-state index < -0.39 is 0 Å². The van der Waals surface area contributed by atoms with Crippen molar-refractivity contribution in [1.82, 2.24) is 0 Å². The average molecular weight is 276 g/mol. The Morgan fingerprint density at radius 3 is 2.57 bits per heavy atom. The molecule has 21 heavy (non-hydrogen) atoms. The fourth-order valence-electron chi connectivity index (χ4n) is 2.44. The molecular formula is C19H16O2. The molecule has 0 aliphatic rings. The topological polar surface area (TPSA) is 40.5 Å². The van der Waals surface area contributed by atoms with E-state index in [2.05, 4.69) is 24.3 Å². The smallest absolute Gasteiger partial charge is 0.119 e. The van der Waals surface area contributed by atoms with Crippen LogP contribution in [-0.2, 0) is 6.42 Å². The van der Waals surface area contributed by atoms with Crippen molar-refractivity contribution in [3.63, 3.8) is 0 Å². The van der Waals surface area contributed by atoms with Crippen LogP contribution in [0.2, 0.25) is 0 Å². The monoisotopic (exact) mass is 276 g/mol. The summed E-state index contributed by atoms with van der Waals surface area (Å²) < 4.78 is 0. The molecule has 0 unspecified atom stereocenters. The maximum absolute atomic E-state index is 9.76. The van der Waals surface area contributed by atoms with Crippen molar-refractivity contribution >= 4 is 16.8 Å². The summed E-state index contributed by atoms with van der Waals surface area (Å²) in [5, 5.41) is 21.6. The number of hydrogen-bond acceptors (Lipinski definition) is 2. The number of rotatable bonds is 3. The van der Waals surface area contributed by atoms with Crippen LogP contribution in [0.25, 0.3) is 16.8 Å². The zero-order valence-corrected chi connectivity index (χ0v) is 11.5. The molecule has 0 spiro atoms. The van der Waals surface area contributed by atoms with Crippen molar-refractivity contribution in [3.8, 4) is 11.5 Å². The van der Waals surface area contributed by atoms with Gasteiger partial charge in [-0.3, -0.25) is 0 Å². The second-order valence-corrected chi connectivity index (χ2v) is 4.99. The van der Waals surface area contributed by atoms with Gasteiger partial charge in [0, 0.05) is 5.56 Å². The van der Waals surface area contributed by atoms with Crippen LogP contribution in [0, 0.1) is 0 Å². The Bertz CT molecular complexity index is 798. The molecule has 2 N–H and O–H groups in total. The second-order valence-electron chi connectivity index (χ2n) is 4.99. The van der Waals surface area contributed by atoms with Gasteiger partial charge in [-0.1, -0.05) is 54.6 Å². The number of fused-ring (bicyclic) bond motifs is 1. The van der Waals surface area contributed by atoms with Gasteiger partial charge in [-0.05, 0) is 41.0 Å². The molecule has 0 saturated carbocycles. The van der Waals surface area contributed by atoms with Crippen LogP contribution in [0.3, 0.4) is 0 Å². The van der Waals surface area contributed by atoms with Gasteiger partial charge in [-0.25, -0.2) is 0 Å². The summed E-state index contributed by atoms with van der Waals surface area (Å²) in [6.07, 6.45) is 4.62. The second kappa shape index (κ2) is 5.71. The lowest BCUT2D eigenvalue weighted by atomic mass is 10.0. The first kappa shape index (κ1) is 13.3. The fraction of sp³-hybridized carbons (Fsp3) is 0.0526. The summed E-state index contributed by atoms with van der Waals surface area (Å²) in [6.45, 7) is 0. The van der Waals surface area contributed by atoms with Crippen molar-refractivity contribution in [2.75, 3.05) is 0 Å². The Morgan fingerprint density at radius 1 is 0.857 bits per heavy atom. The lowest BCUT2D eigenvalue weighted by Gasteiger charge is -2.03. The van der Waals surface area contributed by atoms with Crippen molar-refractivity contribution in [3.05, 3.63) is 77.9 Å². The van der Waals surface area contributed by atoms with Gasteiger partial charge in [0.2, 0.25) is 0 Å². The Balaban J connectivity index is 1.87. The van der Waals surface area contributed by atoms with Crippen LogP contribution < -0.4 is 0 Å². The fourth-order valence-corrected chi connectivity index (χ4v) is 2.44. The predicted octanol–water partition coefficient (Wildman–Crippen LogP) is 4.51. The molecule has 3 aromatic rings. The van der Waals surface area contributed by atoms with Gasteiger partial charge >= 0.3 is 0 Å². The summed E-state index contributed by atoms with van der Waals surface area (Å²) in [5.74, 6) is 0.372. The predicted molar refractivity (Wildman–Crippen MR) is 86.5 cm³/mol. The van der Waals surface area contributed by atoms with Crippen LogP contribution in [0.4, 0.5) is 0 Å². The van der Waals surface area contributed by atoms with E-state index in [-0.39, 0.29) is 11.5 Å². The molecule has 104 valence electrons. The third-order valence-corrected chi connectivity index (χ3v) is 3.52. The van der Waals surface area contributed by atoms with Crippen molar-refractivity contribution in [2.24, 2.45) is 0 Å². The lowest BCUT2D eigenvalue weighted by Crippen LogP contribution is -1.83. The molecule has 2 heteroatoms. The highest BCUT2D eigenvalue weighted by molar-refractivity contribution is 5.90. The Morgan fingerprint density at radius 2 is 1.67 bits per heavy atom. The van der Waals surface area contributed by atoms with Crippen LogP contribution in [0.1, 0.15) is 11.1 Å². The molecule has 0 bridgehead atoms. The highest BCUT2D eigenvalue weighted by Crippen LogP contribution is 2.24. The number of allylic oxidation sites excluding steroid dienone is 1. The molecule has 0 fully saturated rings. The molecule has 2 nitrogen and oxygen atoms in total. The van der Waals surface area contributed by atoms with Crippen LogP contribution in [-0.4, -0.2) is 10.2 Å². The highest BCUT2D eigenvalue weighted by Gasteiger charge is 2.01. The summed E-state index contributed by atoms with van der Waals surface area (Å²) in [4.78, 5) is 0. The van der Waals surface area contributed by atoms with E-state index in [0.717, 1.165) is 5.56 Å². The SMILES string of the molecule is Oc1ccc(O)c(CC=Cc2cccc3ccccc23)c1. The van der Waals surface area contributed by atoms with E-state index in [1.165, 1.54) is 22.9 Å². The van der Waals surface area contributed by atoms with Crippen LogP contribution in [0.5, 0.6) is 11.5 Å². The molecule has 0 radical (unpaired) electrons. The zero-order chi connectivity index (χ0) is 14.7. The van der Waals surface area contributed by atoms with E-state index in [9.17, 15) is 10.2 Å². The molecular weight excluding hydrogens is 260 g/mol. The molecule has 0 aliphatic carbocycles. The van der Waals surface area contributed by atoms with Gasteiger partial charge in [0.25, 0.3) is 0 Å². The Hall–Kier alpha value is -2.74. The molecule has 0 saturated heterocycles. The number of benzene rings is 3. The first-order chi connectivity index (χ1) is 10.2. The normalized spacial score (nSPS) is 11.2. The van der Waals surface area contributed by atoms with Gasteiger partial charge < -0.3 is 10.2 Å². The van der Waals surface area contributed by atoms with E-state index in [0.29, 0.717) is 12.0 Å². The maximum atomic E-state index is 9.76. The summed E-state index contributed by atoms with van der Waals surface area (Å²) in [7, 11) is 0. The van der Waals surface area contributed by atoms with E-state index >= 15 is 0 Å². The Kier molecular flexibility index (Phi) is 3.61. The van der Waals surface area contributed by atoms with Crippen LogP contribution in [0.15, 0.2) is 66.7 Å². The first-order valence-corrected chi connectivity index (χ1v) is 6.89. The number of phenolic OH excluding ortho intramolecular Hbond substituents is 2. The molecule has 0 aliphatic heterocycles. The number of phenols is 2. The molecule has 0 atom stereocenters. The van der Waals surface area contributed by atoms with Crippen molar-refractivity contribution in [2.45, 2.75) is 6.42 Å². The van der Waals surface area contributed by atoms with E-state index in [1.807, 2.05) is 30.4 Å². The van der Waals surface area contributed by atoms with Gasteiger partial charge in [0.05, 0.1) is 0 Å². The average Bonchev–Trinajstić information content (AvgIpc) is 2.51. The highest BCUT2D eigenvalue weighted by atomic mass is 16.3. The molecule has 0 amide bonds.